The maximum atomic E-state index is 15.0. The number of rotatable bonds is 2. The van der Waals surface area contributed by atoms with Crippen LogP contribution in [0.3, 0.4) is 0 Å². The number of amides is 1. The Balaban J connectivity index is 2.25. The van der Waals surface area contributed by atoms with Gasteiger partial charge in [-0.05, 0) is 27.7 Å². The topological polar surface area (TPSA) is 93.7 Å². The molecule has 140 valence electrons. The molecule has 10 heteroatoms. The first-order valence-corrected chi connectivity index (χ1v) is 7.98. The molecule has 0 radical (unpaired) electrons. The first kappa shape index (κ1) is 18.9. The van der Waals surface area contributed by atoms with Gasteiger partial charge in [-0.25, -0.2) is 13.9 Å². The lowest BCUT2D eigenvalue weighted by molar-refractivity contribution is -0.384. The summed E-state index contributed by atoms with van der Waals surface area (Å²) in [7, 11) is 1.56. The van der Waals surface area contributed by atoms with E-state index in [1.165, 1.54) is 16.5 Å². The van der Waals surface area contributed by atoms with Gasteiger partial charge in [0.25, 0.3) is 0 Å². The van der Waals surface area contributed by atoms with E-state index >= 15 is 0 Å². The fraction of sp³-hybridized carbons (Fsp3) is 0.733. The van der Waals surface area contributed by atoms with E-state index in [4.69, 9.17) is 4.74 Å². The van der Waals surface area contributed by atoms with Crippen molar-refractivity contribution in [3.05, 3.63) is 16.3 Å². The molecule has 0 spiro atoms. The Morgan fingerprint density at radius 1 is 1.40 bits per heavy atom. The van der Waals surface area contributed by atoms with E-state index < -0.39 is 22.3 Å². The fourth-order valence-corrected chi connectivity index (χ4v) is 2.82. The normalized spacial score (nSPS) is 21.8. The second-order valence-corrected chi connectivity index (χ2v) is 7.47. The quantitative estimate of drug-likeness (QED) is 0.594. The summed E-state index contributed by atoms with van der Waals surface area (Å²) in [5, 5.41) is 15.1. The average molecular weight is 357 g/mol. The first-order valence-electron chi connectivity index (χ1n) is 7.98. The Morgan fingerprint density at radius 3 is 2.60 bits per heavy atom. The van der Waals surface area contributed by atoms with E-state index in [1.54, 1.807) is 32.7 Å². The maximum absolute atomic E-state index is 15.0. The van der Waals surface area contributed by atoms with Crippen LogP contribution < -0.4 is 4.90 Å². The molecule has 0 bridgehead atoms. The molecule has 1 fully saturated rings. The fourth-order valence-electron chi connectivity index (χ4n) is 2.82. The number of alkyl halides is 1. The number of nitro groups is 1. The number of hydrogen-bond acceptors (Lipinski definition) is 6. The van der Waals surface area contributed by atoms with Gasteiger partial charge in [0.1, 0.15) is 17.5 Å². The molecule has 0 N–H and O–H groups in total. The van der Waals surface area contributed by atoms with Crippen molar-refractivity contribution in [1.82, 2.24) is 14.7 Å². The summed E-state index contributed by atoms with van der Waals surface area (Å²) in [6.07, 6.45) is 0.541. The molecule has 1 aliphatic heterocycles. The number of nitrogens with zero attached hydrogens (tertiary/aromatic N) is 5. The minimum absolute atomic E-state index is 0.0906. The third kappa shape index (κ3) is 4.58. The summed E-state index contributed by atoms with van der Waals surface area (Å²) in [5.74, 6) is 0.222. The summed E-state index contributed by atoms with van der Waals surface area (Å²) in [6.45, 7) is 6.77. The number of carbonyl (C=O) groups excluding carboxylic acids is 1. The summed E-state index contributed by atoms with van der Waals surface area (Å²) in [4.78, 5) is 25.8. The number of ether oxygens (including phenoxy) is 1. The highest BCUT2D eigenvalue weighted by Gasteiger charge is 2.38. The minimum Gasteiger partial charge on any atom is -0.444 e. The zero-order valence-electron chi connectivity index (χ0n) is 15.2. The van der Waals surface area contributed by atoms with E-state index in [-0.39, 0.29) is 37.7 Å². The summed E-state index contributed by atoms with van der Waals surface area (Å²) >= 11 is 0. The van der Waals surface area contributed by atoms with Crippen molar-refractivity contribution in [2.45, 2.75) is 39.0 Å². The van der Waals surface area contributed by atoms with Gasteiger partial charge in [-0.1, -0.05) is 0 Å². The van der Waals surface area contributed by atoms with Crippen LogP contribution in [0, 0.1) is 10.1 Å². The molecular formula is C15H24FN5O4. The van der Waals surface area contributed by atoms with Gasteiger partial charge < -0.3 is 14.5 Å². The molecule has 1 amide bonds. The van der Waals surface area contributed by atoms with E-state index in [9.17, 15) is 19.3 Å². The molecular weight excluding hydrogens is 333 g/mol. The maximum Gasteiger partial charge on any atom is 0.410 e. The highest BCUT2D eigenvalue weighted by Crippen LogP contribution is 2.30. The van der Waals surface area contributed by atoms with Crippen molar-refractivity contribution < 1.29 is 18.8 Å². The smallest absolute Gasteiger partial charge is 0.410 e. The average Bonchev–Trinajstić information content (AvgIpc) is 2.73. The lowest BCUT2D eigenvalue weighted by Crippen LogP contribution is -2.44. The van der Waals surface area contributed by atoms with Crippen LogP contribution in [-0.2, 0) is 11.8 Å². The second-order valence-electron chi connectivity index (χ2n) is 7.47. The largest absolute Gasteiger partial charge is 0.444 e. The number of anilines is 1. The van der Waals surface area contributed by atoms with Crippen LogP contribution in [0.25, 0.3) is 0 Å². The molecule has 2 rings (SSSR count). The number of aryl methyl sites for hydroxylation is 1. The van der Waals surface area contributed by atoms with E-state index in [2.05, 4.69) is 5.10 Å². The highest BCUT2D eigenvalue weighted by atomic mass is 19.1. The van der Waals surface area contributed by atoms with Crippen molar-refractivity contribution in [3.8, 4) is 0 Å². The van der Waals surface area contributed by atoms with Crippen LogP contribution in [0.15, 0.2) is 6.20 Å². The van der Waals surface area contributed by atoms with Gasteiger partial charge in [0.15, 0.2) is 0 Å². The molecule has 1 aliphatic rings. The number of halogens is 1. The number of hydrogen-bond donors (Lipinski definition) is 0. The highest BCUT2D eigenvalue weighted by molar-refractivity contribution is 5.68. The molecule has 1 aromatic heterocycles. The van der Waals surface area contributed by atoms with Crippen molar-refractivity contribution in [2.24, 2.45) is 7.05 Å². The zero-order valence-corrected chi connectivity index (χ0v) is 15.2. The molecule has 9 nitrogen and oxygen atoms in total. The van der Waals surface area contributed by atoms with Gasteiger partial charge in [-0.3, -0.25) is 10.1 Å². The number of aromatic nitrogens is 2. The Hall–Kier alpha value is -2.39. The van der Waals surface area contributed by atoms with Gasteiger partial charge in [0.05, 0.1) is 18.0 Å². The molecule has 0 saturated carbocycles. The van der Waals surface area contributed by atoms with E-state index in [1.807, 2.05) is 0 Å². The van der Waals surface area contributed by atoms with Crippen molar-refractivity contribution in [3.63, 3.8) is 0 Å². The first-order chi connectivity index (χ1) is 11.4. The van der Waals surface area contributed by atoms with Crippen LogP contribution >= 0.6 is 0 Å². The van der Waals surface area contributed by atoms with E-state index in [0.717, 1.165) is 6.20 Å². The van der Waals surface area contributed by atoms with Crippen LogP contribution in [0.2, 0.25) is 0 Å². The van der Waals surface area contributed by atoms with Crippen LogP contribution in [0.4, 0.5) is 20.7 Å². The zero-order chi connectivity index (χ0) is 19.0. The molecule has 2 heterocycles. The molecule has 1 aromatic rings. The standard InChI is InChI=1S/C15H24FN5O4/c1-14(2,3)25-13(22)20-7-6-19(9-15(4,16)10-20)12-11(21(23)24)8-17-18(12)5/h8H,6-7,9-10H2,1-5H3. The molecule has 25 heavy (non-hydrogen) atoms. The van der Waals surface area contributed by atoms with Crippen molar-refractivity contribution >= 4 is 17.6 Å². The third-order valence-electron chi connectivity index (χ3n) is 3.72. The lowest BCUT2D eigenvalue weighted by atomic mass is 10.1. The van der Waals surface area contributed by atoms with E-state index in [0.29, 0.717) is 0 Å². The predicted octanol–water partition coefficient (Wildman–Crippen LogP) is 2.11. The summed E-state index contributed by atoms with van der Waals surface area (Å²) in [6, 6.07) is 0. The van der Waals surface area contributed by atoms with Gasteiger partial charge >= 0.3 is 11.8 Å². The molecule has 1 unspecified atom stereocenters. The summed E-state index contributed by atoms with van der Waals surface area (Å²) in [5.41, 5.74) is -2.63. The van der Waals surface area contributed by atoms with Gasteiger partial charge in [0.2, 0.25) is 5.82 Å². The third-order valence-corrected chi connectivity index (χ3v) is 3.72. The Labute approximate surface area is 145 Å². The SMILES string of the molecule is Cn1ncc([N+](=O)[O-])c1N1CCN(C(=O)OC(C)(C)C)CC(C)(F)C1. The monoisotopic (exact) mass is 357 g/mol. The Morgan fingerprint density at radius 2 is 2.04 bits per heavy atom. The minimum atomic E-state index is -1.76. The molecule has 0 aliphatic carbocycles. The summed E-state index contributed by atoms with van der Waals surface area (Å²) < 4.78 is 21.6. The Bertz CT molecular complexity index is 667. The van der Waals surface area contributed by atoms with Crippen LogP contribution in [0.1, 0.15) is 27.7 Å². The van der Waals surface area contributed by atoms with Crippen LogP contribution in [-0.4, -0.2) is 63.1 Å². The predicted molar refractivity (Wildman–Crippen MR) is 89.4 cm³/mol. The molecule has 1 atom stereocenters. The van der Waals surface area contributed by atoms with Crippen molar-refractivity contribution in [2.75, 3.05) is 31.1 Å². The van der Waals surface area contributed by atoms with Gasteiger partial charge in [-0.15, -0.1) is 0 Å². The van der Waals surface area contributed by atoms with Crippen molar-refractivity contribution in [1.29, 1.82) is 0 Å². The number of carbonyl (C=O) groups is 1. The molecule has 1 saturated heterocycles. The van der Waals surface area contributed by atoms with Crippen LogP contribution in [0.5, 0.6) is 0 Å². The van der Waals surface area contributed by atoms with Gasteiger partial charge in [-0.2, -0.15) is 5.10 Å². The lowest BCUT2D eigenvalue weighted by Gasteiger charge is -2.29. The Kier molecular flexibility index (Phi) is 4.92. The van der Waals surface area contributed by atoms with Gasteiger partial charge in [0, 0.05) is 20.1 Å². The molecule has 0 aromatic carbocycles. The second kappa shape index (κ2) is 6.49.